The van der Waals surface area contributed by atoms with E-state index < -0.39 is 17.8 Å². The number of halogens is 3. The van der Waals surface area contributed by atoms with Gasteiger partial charge in [-0.3, -0.25) is 4.90 Å². The number of hydrogen-bond acceptors (Lipinski definition) is 5. The van der Waals surface area contributed by atoms with Gasteiger partial charge in [-0.25, -0.2) is 4.98 Å². The van der Waals surface area contributed by atoms with Crippen LogP contribution in [0.5, 0.6) is 0 Å². The van der Waals surface area contributed by atoms with E-state index in [1.54, 1.807) is 4.90 Å². The maximum absolute atomic E-state index is 13.1. The van der Waals surface area contributed by atoms with Crippen LogP contribution in [0.4, 0.5) is 19.0 Å². The summed E-state index contributed by atoms with van der Waals surface area (Å²) in [4.78, 5) is 7.61. The summed E-state index contributed by atoms with van der Waals surface area (Å²) in [7, 11) is 0. The molecule has 1 N–H and O–H groups in total. The highest BCUT2D eigenvalue weighted by Crippen LogP contribution is 2.35. The Balaban J connectivity index is 1.88. The number of pyridine rings is 1. The molecule has 0 aliphatic carbocycles. The molecule has 0 bridgehead atoms. The molecule has 1 aliphatic heterocycles. The lowest BCUT2D eigenvalue weighted by atomic mass is 10.2. The van der Waals surface area contributed by atoms with Gasteiger partial charge < -0.3 is 14.7 Å². The van der Waals surface area contributed by atoms with Crippen LogP contribution in [0.3, 0.4) is 0 Å². The first-order chi connectivity index (χ1) is 11.6. The fourth-order valence-corrected chi connectivity index (χ4v) is 2.71. The Kier molecular flexibility index (Phi) is 6.29. The first-order valence-electron chi connectivity index (χ1n) is 8.38. The van der Waals surface area contributed by atoms with Crippen LogP contribution in [0.25, 0.3) is 0 Å². The molecule has 2 heterocycles. The van der Waals surface area contributed by atoms with E-state index in [0.717, 1.165) is 6.07 Å². The van der Waals surface area contributed by atoms with Gasteiger partial charge in [-0.2, -0.15) is 13.2 Å². The predicted molar refractivity (Wildman–Crippen MR) is 89.6 cm³/mol. The molecule has 5 nitrogen and oxygen atoms in total. The molecule has 1 aromatic heterocycles. The van der Waals surface area contributed by atoms with Crippen molar-refractivity contribution >= 4 is 5.82 Å². The van der Waals surface area contributed by atoms with Crippen LogP contribution in [-0.4, -0.2) is 66.0 Å². The van der Waals surface area contributed by atoms with Gasteiger partial charge in [0, 0.05) is 38.9 Å². The second-order valence-corrected chi connectivity index (χ2v) is 7.24. The minimum atomic E-state index is -4.42. The number of ether oxygens (including phenoxy) is 1. The third-order valence-corrected chi connectivity index (χ3v) is 3.94. The summed E-state index contributed by atoms with van der Waals surface area (Å²) in [5, 5.41) is 10.1. The van der Waals surface area contributed by atoms with E-state index in [0.29, 0.717) is 32.7 Å². The number of anilines is 1. The van der Waals surface area contributed by atoms with Crippen LogP contribution in [-0.2, 0) is 10.9 Å². The molecular weight excluding hydrogens is 335 g/mol. The zero-order valence-corrected chi connectivity index (χ0v) is 14.9. The van der Waals surface area contributed by atoms with Crippen molar-refractivity contribution in [2.45, 2.75) is 38.7 Å². The molecule has 0 spiro atoms. The smallest absolute Gasteiger partial charge is 0.389 e. The Bertz CT molecular complexity index is 553. The summed E-state index contributed by atoms with van der Waals surface area (Å²) in [6.07, 6.45) is -3.66. The van der Waals surface area contributed by atoms with Crippen molar-refractivity contribution in [3.05, 3.63) is 23.9 Å². The molecule has 0 amide bonds. The Labute approximate surface area is 146 Å². The predicted octanol–water partition coefficient (Wildman–Crippen LogP) is 2.40. The summed E-state index contributed by atoms with van der Waals surface area (Å²) in [5.74, 6) is -0.0220. The zero-order chi connectivity index (χ0) is 18.7. The largest absolute Gasteiger partial charge is 0.419 e. The van der Waals surface area contributed by atoms with Gasteiger partial charge in [-0.1, -0.05) is 0 Å². The van der Waals surface area contributed by atoms with Crippen LogP contribution in [0.15, 0.2) is 18.3 Å². The number of nitrogens with zero attached hydrogens (tertiary/aromatic N) is 3. The fourth-order valence-electron chi connectivity index (χ4n) is 2.71. The highest BCUT2D eigenvalue weighted by Gasteiger charge is 2.36. The van der Waals surface area contributed by atoms with Crippen LogP contribution in [0, 0.1) is 0 Å². The second-order valence-electron chi connectivity index (χ2n) is 7.24. The number of rotatable bonds is 5. The monoisotopic (exact) mass is 361 g/mol. The maximum atomic E-state index is 13.1. The van der Waals surface area contributed by atoms with Crippen molar-refractivity contribution in [2.24, 2.45) is 0 Å². The third kappa shape index (κ3) is 6.13. The SMILES string of the molecule is CC(C)(C)OCC(O)CN1CCN(c2ncccc2C(F)(F)F)CC1. The van der Waals surface area contributed by atoms with E-state index >= 15 is 0 Å². The molecule has 1 aromatic rings. The van der Waals surface area contributed by atoms with Crippen LogP contribution < -0.4 is 4.90 Å². The molecule has 142 valence electrons. The van der Waals surface area contributed by atoms with Crippen LogP contribution in [0.2, 0.25) is 0 Å². The Hall–Kier alpha value is -1.38. The average molecular weight is 361 g/mol. The zero-order valence-electron chi connectivity index (χ0n) is 14.9. The summed E-state index contributed by atoms with van der Waals surface area (Å²) in [6, 6.07) is 2.36. The molecule has 1 aliphatic rings. The molecule has 25 heavy (non-hydrogen) atoms. The van der Waals surface area contributed by atoms with Gasteiger partial charge >= 0.3 is 6.18 Å². The highest BCUT2D eigenvalue weighted by molar-refractivity contribution is 5.48. The Morgan fingerprint density at radius 3 is 2.40 bits per heavy atom. The third-order valence-electron chi connectivity index (χ3n) is 3.94. The number of alkyl halides is 3. The van der Waals surface area contributed by atoms with E-state index in [-0.39, 0.29) is 18.0 Å². The number of aromatic nitrogens is 1. The average Bonchev–Trinajstić information content (AvgIpc) is 2.52. The molecule has 2 rings (SSSR count). The lowest BCUT2D eigenvalue weighted by Crippen LogP contribution is -2.50. The summed E-state index contributed by atoms with van der Waals surface area (Å²) in [5.41, 5.74) is -1.02. The van der Waals surface area contributed by atoms with Gasteiger partial charge in [-0.15, -0.1) is 0 Å². The Morgan fingerprint density at radius 2 is 1.84 bits per heavy atom. The van der Waals surface area contributed by atoms with Crippen molar-refractivity contribution in [3.8, 4) is 0 Å². The van der Waals surface area contributed by atoms with Crippen LogP contribution >= 0.6 is 0 Å². The molecule has 0 saturated carbocycles. The second kappa shape index (κ2) is 7.88. The molecule has 0 aromatic carbocycles. The summed E-state index contributed by atoms with van der Waals surface area (Å²) in [6.45, 7) is 8.46. The molecule has 1 unspecified atom stereocenters. The highest BCUT2D eigenvalue weighted by atomic mass is 19.4. The maximum Gasteiger partial charge on any atom is 0.419 e. The molecule has 1 saturated heterocycles. The fraction of sp³-hybridized carbons (Fsp3) is 0.706. The van der Waals surface area contributed by atoms with Crippen molar-refractivity contribution in [1.82, 2.24) is 9.88 Å². The first-order valence-corrected chi connectivity index (χ1v) is 8.38. The lowest BCUT2D eigenvalue weighted by molar-refractivity contribution is -0.137. The Morgan fingerprint density at radius 1 is 1.20 bits per heavy atom. The van der Waals surface area contributed by atoms with Gasteiger partial charge in [0.05, 0.1) is 23.9 Å². The number of hydrogen-bond donors (Lipinski definition) is 1. The van der Waals surface area contributed by atoms with Gasteiger partial charge in [-0.05, 0) is 32.9 Å². The van der Waals surface area contributed by atoms with Gasteiger partial charge in [0.1, 0.15) is 5.82 Å². The molecule has 8 heteroatoms. The quantitative estimate of drug-likeness (QED) is 0.873. The van der Waals surface area contributed by atoms with Gasteiger partial charge in [0.15, 0.2) is 0 Å². The van der Waals surface area contributed by atoms with Gasteiger partial charge in [0.25, 0.3) is 0 Å². The number of β-amino-alcohol motifs (C(OH)–C–C–N with tert-alkyl or cyclic N) is 1. The van der Waals surface area contributed by atoms with E-state index in [1.807, 2.05) is 25.7 Å². The number of aliphatic hydroxyl groups excluding tert-OH is 1. The molecule has 0 radical (unpaired) electrons. The van der Waals surface area contributed by atoms with Crippen molar-refractivity contribution in [3.63, 3.8) is 0 Å². The van der Waals surface area contributed by atoms with Crippen molar-refractivity contribution in [2.75, 3.05) is 44.2 Å². The molecule has 1 atom stereocenters. The van der Waals surface area contributed by atoms with Crippen LogP contribution in [0.1, 0.15) is 26.3 Å². The lowest BCUT2D eigenvalue weighted by Gasteiger charge is -2.37. The topological polar surface area (TPSA) is 48.8 Å². The van der Waals surface area contributed by atoms with Crippen molar-refractivity contribution in [1.29, 1.82) is 0 Å². The first kappa shape index (κ1) is 19.9. The molecular formula is C17H26F3N3O2. The molecule has 1 fully saturated rings. The minimum Gasteiger partial charge on any atom is -0.389 e. The van der Waals surface area contributed by atoms with Crippen molar-refractivity contribution < 1.29 is 23.0 Å². The minimum absolute atomic E-state index is 0.0220. The van der Waals surface area contributed by atoms with E-state index in [2.05, 4.69) is 4.98 Å². The number of piperazine rings is 1. The van der Waals surface area contributed by atoms with E-state index in [4.69, 9.17) is 4.74 Å². The van der Waals surface area contributed by atoms with E-state index in [1.165, 1.54) is 12.3 Å². The normalized spacial score (nSPS) is 18.4. The number of aliphatic hydroxyl groups is 1. The van der Waals surface area contributed by atoms with E-state index in [9.17, 15) is 18.3 Å². The standard InChI is InChI=1S/C17H26F3N3O2/c1-16(2,3)25-12-13(24)11-22-7-9-23(10-8-22)15-14(17(18,19)20)5-4-6-21-15/h4-6,13,24H,7-12H2,1-3H3. The summed E-state index contributed by atoms with van der Waals surface area (Å²) >= 11 is 0. The van der Waals surface area contributed by atoms with Gasteiger partial charge in [0.2, 0.25) is 0 Å². The summed E-state index contributed by atoms with van der Waals surface area (Å²) < 4.78 is 44.9.